The lowest BCUT2D eigenvalue weighted by Gasteiger charge is -2.17. The minimum atomic E-state index is -0.462. The number of amides is 1. The van der Waals surface area contributed by atoms with Gasteiger partial charge in [0, 0.05) is 23.6 Å². The molecular weight excluding hydrogens is 345 g/mol. The van der Waals surface area contributed by atoms with Crippen molar-refractivity contribution in [2.24, 2.45) is 0 Å². The topological polar surface area (TPSA) is 75.6 Å². The van der Waals surface area contributed by atoms with Crippen molar-refractivity contribution in [1.82, 2.24) is 25.1 Å². The first-order valence-electron chi connectivity index (χ1n) is 7.91. The molecule has 0 radical (unpaired) electrons. The predicted octanol–water partition coefficient (Wildman–Crippen LogP) is 3.28. The standard InChI is InChI=1S/C17H19ClFN5O/c1-17(2,3)24-9-22-15(23-24)16(25)20-5-4-10-8-21-14-7-13(19)12(18)6-11(10)14/h6-9,21H,4-5H2,1-3H3,(H,20,25). The predicted molar refractivity (Wildman–Crippen MR) is 94.3 cm³/mol. The fourth-order valence-electron chi connectivity index (χ4n) is 2.46. The summed E-state index contributed by atoms with van der Waals surface area (Å²) in [7, 11) is 0. The van der Waals surface area contributed by atoms with E-state index in [1.165, 1.54) is 6.07 Å². The van der Waals surface area contributed by atoms with Gasteiger partial charge in [0.25, 0.3) is 5.91 Å². The lowest BCUT2D eigenvalue weighted by Crippen LogP contribution is -2.28. The van der Waals surface area contributed by atoms with Crippen molar-refractivity contribution < 1.29 is 9.18 Å². The van der Waals surface area contributed by atoms with Crippen LogP contribution in [0, 0.1) is 5.82 Å². The summed E-state index contributed by atoms with van der Waals surface area (Å²) in [6.45, 7) is 6.35. The highest BCUT2D eigenvalue weighted by molar-refractivity contribution is 6.31. The average Bonchev–Trinajstić information content (AvgIpc) is 3.16. The van der Waals surface area contributed by atoms with Crippen LogP contribution in [0.4, 0.5) is 4.39 Å². The van der Waals surface area contributed by atoms with Crippen LogP contribution in [0.1, 0.15) is 37.0 Å². The van der Waals surface area contributed by atoms with E-state index in [0.29, 0.717) is 18.5 Å². The fraction of sp³-hybridized carbons (Fsp3) is 0.353. The van der Waals surface area contributed by atoms with E-state index in [-0.39, 0.29) is 22.3 Å². The molecule has 0 bridgehead atoms. The van der Waals surface area contributed by atoms with Crippen molar-refractivity contribution in [3.05, 3.63) is 46.9 Å². The SMILES string of the molecule is CC(C)(C)n1cnc(C(=O)NCCc2c[nH]c3cc(F)c(Cl)cc23)n1. The third-order valence-corrected chi connectivity index (χ3v) is 4.16. The Morgan fingerprint density at radius 1 is 1.40 bits per heavy atom. The van der Waals surface area contributed by atoms with Gasteiger partial charge in [-0.15, -0.1) is 5.10 Å². The molecule has 2 aromatic heterocycles. The van der Waals surface area contributed by atoms with E-state index < -0.39 is 5.82 Å². The molecule has 25 heavy (non-hydrogen) atoms. The van der Waals surface area contributed by atoms with Crippen LogP contribution in [0.25, 0.3) is 10.9 Å². The molecule has 0 aliphatic heterocycles. The van der Waals surface area contributed by atoms with Gasteiger partial charge in [-0.3, -0.25) is 4.79 Å². The number of nitrogens with one attached hydrogen (secondary N) is 2. The van der Waals surface area contributed by atoms with E-state index in [9.17, 15) is 9.18 Å². The van der Waals surface area contributed by atoms with E-state index in [2.05, 4.69) is 20.4 Å². The smallest absolute Gasteiger partial charge is 0.290 e. The molecule has 3 rings (SSSR count). The van der Waals surface area contributed by atoms with Gasteiger partial charge in [0.05, 0.1) is 10.6 Å². The number of carbonyl (C=O) groups excluding carboxylic acids is 1. The number of benzene rings is 1. The number of halogens is 2. The zero-order chi connectivity index (χ0) is 18.2. The monoisotopic (exact) mass is 363 g/mol. The number of aromatic nitrogens is 4. The largest absolute Gasteiger partial charge is 0.361 e. The normalized spacial score (nSPS) is 11.9. The first-order chi connectivity index (χ1) is 11.8. The molecule has 0 aliphatic carbocycles. The van der Waals surface area contributed by atoms with Crippen molar-refractivity contribution >= 4 is 28.4 Å². The van der Waals surface area contributed by atoms with E-state index in [4.69, 9.17) is 11.6 Å². The highest BCUT2D eigenvalue weighted by atomic mass is 35.5. The first kappa shape index (κ1) is 17.4. The van der Waals surface area contributed by atoms with Crippen LogP contribution in [-0.2, 0) is 12.0 Å². The van der Waals surface area contributed by atoms with E-state index in [1.807, 2.05) is 20.8 Å². The lowest BCUT2D eigenvalue weighted by atomic mass is 10.1. The highest BCUT2D eigenvalue weighted by Gasteiger charge is 2.18. The van der Waals surface area contributed by atoms with Crippen molar-refractivity contribution in [3.8, 4) is 0 Å². The van der Waals surface area contributed by atoms with Gasteiger partial charge in [-0.1, -0.05) is 11.6 Å². The maximum atomic E-state index is 13.5. The summed E-state index contributed by atoms with van der Waals surface area (Å²) in [5, 5.41) is 7.91. The summed E-state index contributed by atoms with van der Waals surface area (Å²) >= 11 is 5.84. The molecule has 2 N–H and O–H groups in total. The van der Waals surface area contributed by atoms with Gasteiger partial charge in [-0.05, 0) is 44.9 Å². The minimum Gasteiger partial charge on any atom is -0.361 e. The second-order valence-electron chi connectivity index (χ2n) is 6.82. The molecule has 8 heteroatoms. The van der Waals surface area contributed by atoms with Gasteiger partial charge in [0.2, 0.25) is 5.82 Å². The third kappa shape index (κ3) is 3.66. The number of H-pyrrole nitrogens is 1. The number of hydrogen-bond donors (Lipinski definition) is 2. The van der Waals surface area contributed by atoms with E-state index in [0.717, 1.165) is 10.9 Å². The van der Waals surface area contributed by atoms with Crippen molar-refractivity contribution in [3.63, 3.8) is 0 Å². The average molecular weight is 364 g/mol. The van der Waals surface area contributed by atoms with Crippen LogP contribution < -0.4 is 5.32 Å². The molecule has 0 atom stereocenters. The summed E-state index contributed by atoms with van der Waals surface area (Å²) in [6, 6.07) is 2.95. The Morgan fingerprint density at radius 2 is 2.16 bits per heavy atom. The van der Waals surface area contributed by atoms with Crippen LogP contribution in [0.15, 0.2) is 24.7 Å². The Morgan fingerprint density at radius 3 is 2.84 bits per heavy atom. The maximum Gasteiger partial charge on any atom is 0.290 e. The molecule has 6 nitrogen and oxygen atoms in total. The minimum absolute atomic E-state index is 0.0781. The quantitative estimate of drug-likeness (QED) is 0.746. The second-order valence-corrected chi connectivity index (χ2v) is 7.22. The number of hydrogen-bond acceptors (Lipinski definition) is 3. The van der Waals surface area contributed by atoms with Gasteiger partial charge in [-0.2, -0.15) is 0 Å². The Balaban J connectivity index is 1.64. The Kier molecular flexibility index (Phi) is 4.51. The third-order valence-electron chi connectivity index (χ3n) is 3.87. The van der Waals surface area contributed by atoms with Crippen LogP contribution >= 0.6 is 11.6 Å². The maximum absolute atomic E-state index is 13.5. The van der Waals surface area contributed by atoms with E-state index >= 15 is 0 Å². The first-order valence-corrected chi connectivity index (χ1v) is 8.29. The molecule has 2 heterocycles. The van der Waals surface area contributed by atoms with Crippen molar-refractivity contribution in [2.75, 3.05) is 6.54 Å². The van der Waals surface area contributed by atoms with Crippen LogP contribution in [0.5, 0.6) is 0 Å². The second kappa shape index (κ2) is 6.48. The van der Waals surface area contributed by atoms with Crippen molar-refractivity contribution in [1.29, 1.82) is 0 Å². The molecule has 3 aromatic rings. The zero-order valence-corrected chi connectivity index (χ0v) is 15.0. The molecule has 0 saturated heterocycles. The molecule has 0 spiro atoms. The van der Waals surface area contributed by atoms with Gasteiger partial charge in [0.1, 0.15) is 12.1 Å². The molecule has 132 valence electrons. The van der Waals surface area contributed by atoms with Gasteiger partial charge in [-0.25, -0.2) is 14.1 Å². The molecule has 1 amide bonds. The molecule has 0 saturated carbocycles. The van der Waals surface area contributed by atoms with Gasteiger partial charge >= 0.3 is 0 Å². The number of fused-ring (bicyclic) bond motifs is 1. The highest BCUT2D eigenvalue weighted by Crippen LogP contribution is 2.25. The summed E-state index contributed by atoms with van der Waals surface area (Å²) in [4.78, 5) is 19.2. The zero-order valence-electron chi connectivity index (χ0n) is 14.2. The summed E-state index contributed by atoms with van der Waals surface area (Å²) < 4.78 is 15.1. The van der Waals surface area contributed by atoms with Crippen molar-refractivity contribution in [2.45, 2.75) is 32.7 Å². The Bertz CT molecular complexity index is 925. The fourth-order valence-corrected chi connectivity index (χ4v) is 2.63. The van der Waals surface area contributed by atoms with E-state index in [1.54, 1.807) is 23.3 Å². The number of nitrogens with zero attached hydrogens (tertiary/aromatic N) is 3. The number of rotatable bonds is 4. The van der Waals surface area contributed by atoms with Gasteiger partial charge in [0.15, 0.2) is 0 Å². The Labute approximate surface area is 149 Å². The lowest BCUT2D eigenvalue weighted by molar-refractivity contribution is 0.0943. The van der Waals surface area contributed by atoms with Crippen LogP contribution in [0.3, 0.4) is 0 Å². The number of carbonyl (C=O) groups is 1. The summed E-state index contributed by atoms with van der Waals surface area (Å²) in [5.41, 5.74) is 1.39. The Hall–Kier alpha value is -2.41. The molecular formula is C17H19ClFN5O. The number of aromatic amines is 1. The van der Waals surface area contributed by atoms with Gasteiger partial charge < -0.3 is 10.3 Å². The molecule has 0 fully saturated rings. The molecule has 0 unspecified atom stereocenters. The summed E-state index contributed by atoms with van der Waals surface area (Å²) in [6.07, 6.45) is 3.91. The molecule has 1 aromatic carbocycles. The molecule has 0 aliphatic rings. The van der Waals surface area contributed by atoms with Crippen LogP contribution in [0.2, 0.25) is 5.02 Å². The summed E-state index contributed by atoms with van der Waals surface area (Å²) in [5.74, 6) is -0.651. The van der Waals surface area contributed by atoms with Crippen LogP contribution in [-0.4, -0.2) is 32.2 Å².